The van der Waals surface area contributed by atoms with Crippen molar-refractivity contribution >= 4 is 5.97 Å². The Morgan fingerprint density at radius 2 is 1.62 bits per heavy atom. The molecule has 7 atom stereocenters. The molecule has 0 aliphatic carbocycles. The molecular weight excluding hydrogens is 460 g/mol. The first-order valence-corrected chi connectivity index (χ1v) is 10.0. The van der Waals surface area contributed by atoms with Crippen LogP contribution in [0.4, 0.5) is 0 Å². The summed E-state index contributed by atoms with van der Waals surface area (Å²) < 4.78 is 16.0. The Kier molecular flexibility index (Phi) is 6.05. The maximum atomic E-state index is 11.3. The van der Waals surface area contributed by atoms with E-state index in [0.29, 0.717) is 0 Å². The summed E-state index contributed by atoms with van der Waals surface area (Å²) in [7, 11) is 0. The van der Waals surface area contributed by atoms with E-state index >= 15 is 0 Å². The lowest BCUT2D eigenvalue weighted by Gasteiger charge is -2.38. The van der Waals surface area contributed by atoms with E-state index in [-0.39, 0.29) is 34.8 Å². The monoisotopic (exact) mass is 482 g/mol. The van der Waals surface area contributed by atoms with Crippen molar-refractivity contribution in [2.45, 2.75) is 49.3 Å². The van der Waals surface area contributed by atoms with Gasteiger partial charge in [0.1, 0.15) is 35.6 Å². The molecule has 0 unspecified atom stereocenters. The minimum Gasteiger partial charge on any atom is -0.508 e. The Morgan fingerprint density at radius 3 is 2.29 bits per heavy atom. The lowest BCUT2D eigenvalue weighted by molar-refractivity contribution is -0.271. The fraction of sp³-hybridized carbons (Fsp3) is 0.381. The highest BCUT2D eigenvalue weighted by Crippen LogP contribution is 2.45. The van der Waals surface area contributed by atoms with Crippen molar-refractivity contribution in [3.8, 4) is 34.5 Å². The third kappa shape index (κ3) is 4.10. The first-order valence-electron chi connectivity index (χ1n) is 10.0. The van der Waals surface area contributed by atoms with Gasteiger partial charge in [0.25, 0.3) is 0 Å². The van der Waals surface area contributed by atoms with E-state index in [2.05, 4.69) is 0 Å². The van der Waals surface area contributed by atoms with E-state index in [9.17, 15) is 45.6 Å². The Hall–Kier alpha value is -3.49. The van der Waals surface area contributed by atoms with Crippen LogP contribution in [0.15, 0.2) is 24.3 Å². The molecule has 9 N–H and O–H groups in total. The summed E-state index contributed by atoms with van der Waals surface area (Å²) in [4.78, 5) is 11.3. The van der Waals surface area contributed by atoms with Crippen molar-refractivity contribution in [3.63, 3.8) is 0 Å². The average molecular weight is 482 g/mol. The van der Waals surface area contributed by atoms with Crippen LogP contribution in [0.5, 0.6) is 34.5 Å². The fourth-order valence-electron chi connectivity index (χ4n) is 3.89. The number of hydrogen-bond acceptors (Lipinski definition) is 12. The number of phenolic OH excluding ortho intramolecular Hbond substituents is 4. The van der Waals surface area contributed by atoms with Crippen LogP contribution >= 0.6 is 0 Å². The predicted octanol–water partition coefficient (Wildman–Crippen LogP) is -1.18. The molecule has 0 spiro atoms. The molecule has 34 heavy (non-hydrogen) atoms. The van der Waals surface area contributed by atoms with E-state index in [0.717, 1.165) is 18.2 Å². The van der Waals surface area contributed by atoms with Gasteiger partial charge < -0.3 is 60.2 Å². The molecular formula is C21H22O13. The van der Waals surface area contributed by atoms with Crippen LogP contribution < -0.4 is 9.47 Å². The molecule has 0 aromatic heterocycles. The second-order valence-electron chi connectivity index (χ2n) is 7.99. The first kappa shape index (κ1) is 23.7. The quantitative estimate of drug-likeness (QED) is 0.234. The van der Waals surface area contributed by atoms with Gasteiger partial charge in [-0.05, 0) is 12.1 Å². The van der Waals surface area contributed by atoms with Crippen molar-refractivity contribution in [1.82, 2.24) is 0 Å². The summed E-state index contributed by atoms with van der Waals surface area (Å²) in [6, 6.07) is 4.47. The average Bonchev–Trinajstić information content (AvgIpc) is 2.76. The van der Waals surface area contributed by atoms with E-state index in [1.165, 1.54) is 6.07 Å². The zero-order valence-electron chi connectivity index (χ0n) is 17.2. The number of hydrogen-bond donors (Lipinski definition) is 9. The molecule has 13 heteroatoms. The summed E-state index contributed by atoms with van der Waals surface area (Å²) in [5.41, 5.74) is 0.305. The molecule has 0 bridgehead atoms. The van der Waals surface area contributed by atoms with Gasteiger partial charge in [0, 0.05) is 29.7 Å². The van der Waals surface area contributed by atoms with Gasteiger partial charge in [0.05, 0.1) is 6.10 Å². The predicted molar refractivity (Wildman–Crippen MR) is 108 cm³/mol. The maximum absolute atomic E-state index is 11.3. The van der Waals surface area contributed by atoms with Gasteiger partial charge in [-0.3, -0.25) is 0 Å². The van der Waals surface area contributed by atoms with Crippen LogP contribution in [0.25, 0.3) is 0 Å². The lowest BCUT2D eigenvalue weighted by Crippen LogP contribution is -2.61. The Bertz CT molecular complexity index is 1100. The molecule has 0 amide bonds. The van der Waals surface area contributed by atoms with Crippen LogP contribution in [-0.2, 0) is 16.0 Å². The van der Waals surface area contributed by atoms with Crippen molar-refractivity contribution in [2.24, 2.45) is 0 Å². The van der Waals surface area contributed by atoms with E-state index in [1.54, 1.807) is 0 Å². The summed E-state index contributed by atoms with van der Waals surface area (Å²) in [6.45, 7) is 0. The van der Waals surface area contributed by atoms with Crippen molar-refractivity contribution in [1.29, 1.82) is 0 Å². The number of aliphatic carboxylic acids is 1. The molecule has 0 saturated carbocycles. The number of ether oxygens (including phenoxy) is 3. The molecule has 2 aromatic rings. The molecule has 0 radical (unpaired) electrons. The van der Waals surface area contributed by atoms with Crippen LogP contribution in [-0.4, -0.2) is 88.7 Å². The van der Waals surface area contributed by atoms with Crippen molar-refractivity contribution in [2.75, 3.05) is 0 Å². The zero-order chi connectivity index (χ0) is 24.9. The third-order valence-electron chi connectivity index (χ3n) is 5.65. The molecule has 2 heterocycles. The first-order chi connectivity index (χ1) is 16.0. The Balaban J connectivity index is 1.65. The third-order valence-corrected chi connectivity index (χ3v) is 5.65. The van der Waals surface area contributed by atoms with Gasteiger partial charge in [0.2, 0.25) is 12.0 Å². The number of benzene rings is 2. The second-order valence-corrected chi connectivity index (χ2v) is 7.99. The number of carboxylic acid groups (broad SMARTS) is 1. The van der Waals surface area contributed by atoms with Crippen LogP contribution in [0.1, 0.15) is 17.2 Å². The molecule has 2 aliphatic rings. The summed E-state index contributed by atoms with van der Waals surface area (Å²) in [5.74, 6) is -4.23. The zero-order valence-corrected chi connectivity index (χ0v) is 17.2. The number of carboxylic acids is 1. The number of aliphatic hydroxyl groups is 4. The molecule has 13 nitrogen and oxygen atoms in total. The fourth-order valence-corrected chi connectivity index (χ4v) is 3.89. The van der Waals surface area contributed by atoms with Crippen molar-refractivity contribution < 1.29 is 65.0 Å². The highest BCUT2D eigenvalue weighted by Gasteiger charge is 2.48. The topological polar surface area (TPSA) is 227 Å². The van der Waals surface area contributed by atoms with Crippen LogP contribution in [0.2, 0.25) is 0 Å². The minimum atomic E-state index is -1.96. The number of fused-ring (bicyclic) bond motifs is 1. The molecule has 184 valence electrons. The Labute approximate surface area is 190 Å². The van der Waals surface area contributed by atoms with Gasteiger partial charge in [-0.1, -0.05) is 0 Å². The molecule has 1 saturated heterocycles. The van der Waals surface area contributed by atoms with E-state index < -0.39 is 66.1 Å². The molecule has 2 aromatic carbocycles. The van der Waals surface area contributed by atoms with Crippen LogP contribution in [0, 0.1) is 0 Å². The SMILES string of the molecule is O=C(O)[C@H]1O[C@@H](Oc2cc([C@@H]3Oc4cc(O)cc(O)c4C[C@@H]3O)cc(O)c2O)[C@H](O)[C@@H](O)[C@@H]1O. The Morgan fingerprint density at radius 1 is 0.912 bits per heavy atom. The summed E-state index contributed by atoms with van der Waals surface area (Å²) >= 11 is 0. The van der Waals surface area contributed by atoms with Crippen molar-refractivity contribution in [3.05, 3.63) is 35.4 Å². The summed E-state index contributed by atoms with van der Waals surface area (Å²) in [5, 5.41) is 89.7. The normalized spacial score (nSPS) is 30.8. The highest BCUT2D eigenvalue weighted by molar-refractivity contribution is 5.73. The van der Waals surface area contributed by atoms with Gasteiger partial charge >= 0.3 is 5.97 Å². The van der Waals surface area contributed by atoms with Gasteiger partial charge in [-0.2, -0.15) is 0 Å². The smallest absolute Gasteiger partial charge is 0.335 e. The second kappa shape index (κ2) is 8.70. The van der Waals surface area contributed by atoms with E-state index in [1.807, 2.05) is 0 Å². The van der Waals surface area contributed by atoms with Gasteiger partial charge in [-0.15, -0.1) is 0 Å². The maximum Gasteiger partial charge on any atom is 0.335 e. The number of carbonyl (C=O) groups is 1. The molecule has 1 fully saturated rings. The number of rotatable bonds is 4. The summed E-state index contributed by atoms with van der Waals surface area (Å²) in [6.07, 6.45) is -12.2. The van der Waals surface area contributed by atoms with Crippen LogP contribution in [0.3, 0.4) is 0 Å². The highest BCUT2D eigenvalue weighted by atomic mass is 16.7. The molecule has 4 rings (SSSR count). The number of aliphatic hydroxyl groups excluding tert-OH is 4. The van der Waals surface area contributed by atoms with Gasteiger partial charge in [-0.25, -0.2) is 4.79 Å². The van der Waals surface area contributed by atoms with E-state index in [4.69, 9.17) is 19.3 Å². The lowest BCUT2D eigenvalue weighted by atomic mass is 9.93. The number of phenols is 4. The van der Waals surface area contributed by atoms with Gasteiger partial charge in [0.15, 0.2) is 23.7 Å². The number of aromatic hydroxyl groups is 4. The largest absolute Gasteiger partial charge is 0.508 e. The standard InChI is InChI=1S/C21H22O13/c22-7-3-9(23)8-5-11(25)18(32-12(8)4-7)6-1-10(24)14(26)13(2-6)33-21-17(29)15(27)16(28)19(34-21)20(30)31/h1-4,11,15-19,21-29H,5H2,(H,30,31)/t11-,15-,16-,17+,18-,19-,21+/m0/s1. The molecule has 2 aliphatic heterocycles. The minimum absolute atomic E-state index is 0.0620.